The zero-order valence-corrected chi connectivity index (χ0v) is 34.4. The lowest BCUT2D eigenvalue weighted by Crippen LogP contribution is -2.61. The van der Waals surface area contributed by atoms with E-state index in [-0.39, 0.29) is 89.3 Å². The van der Waals surface area contributed by atoms with Gasteiger partial charge in [0.1, 0.15) is 0 Å². The van der Waals surface area contributed by atoms with Crippen LogP contribution in [-0.4, -0.2) is 15.8 Å². The van der Waals surface area contributed by atoms with Gasteiger partial charge in [-0.05, 0) is 129 Å². The molecule has 8 aromatic carbocycles. The van der Waals surface area contributed by atoms with Crippen LogP contribution in [-0.2, 0) is 10.8 Å². The van der Waals surface area contributed by atoms with Crippen molar-refractivity contribution in [2.75, 3.05) is 9.80 Å². The van der Waals surface area contributed by atoms with Gasteiger partial charge in [-0.1, -0.05) is 120 Å². The second-order valence-corrected chi connectivity index (χ2v) is 17.8. The number of hydrogen-bond donors (Lipinski definition) is 0. The number of nitrogens with zero attached hydrogens (tertiary/aromatic N) is 4. The van der Waals surface area contributed by atoms with Gasteiger partial charge in [-0.3, -0.25) is 0 Å². The lowest BCUT2D eigenvalue weighted by Gasteiger charge is -2.46. The Morgan fingerprint density at radius 2 is 1.05 bits per heavy atom. The summed E-state index contributed by atoms with van der Waals surface area (Å²) in [7, 11) is 0. The Morgan fingerprint density at radius 3 is 1.76 bits per heavy atom. The maximum atomic E-state index is 10.8. The van der Waals surface area contributed by atoms with E-state index in [0.717, 1.165) is 14.0 Å². The molecule has 0 aliphatic carbocycles. The standard InChI is InChI=1S/C57H47BN4/c1-34-29-51-53-52(30-34)62-48-21-13-18-40-39-17-11-12-20-45(39)61(54(40)48)49-22-14-19-44(55(49)62)58(53)43-26-25-38(33-50(43)59(51)37-15-9-8-10-16-37)60-46-27-23-35(56(2,3)4)31-41(46)42-32-36(57(5,6)7)24-28-47(42)60/h8-33H,1-7H3/i8D,9D,10D,11D,12D,13D,14D,15D,16D,17D,18D,19D,20D,21D,22D,23D,24D,25D,26D,27D,28D,29D,30D,31D,32D,33D. The number of para-hydroxylation sites is 4. The molecule has 0 amide bonds. The summed E-state index contributed by atoms with van der Waals surface area (Å²) < 4.78 is 252. The monoisotopic (exact) mass is 825 g/mol. The molecule has 10 aromatic rings. The van der Waals surface area contributed by atoms with Crippen LogP contribution in [0, 0.1) is 6.92 Å². The molecule has 62 heavy (non-hydrogen) atoms. The van der Waals surface area contributed by atoms with Crippen LogP contribution < -0.4 is 26.2 Å². The summed E-state index contributed by atoms with van der Waals surface area (Å²) in [6.07, 6.45) is 0. The highest BCUT2D eigenvalue weighted by molar-refractivity contribution is 7.00. The third kappa shape index (κ3) is 4.68. The maximum Gasteiger partial charge on any atom is 0.252 e. The minimum absolute atomic E-state index is 0.0551. The summed E-state index contributed by atoms with van der Waals surface area (Å²) in [6, 6.07) is -18.8. The first kappa shape index (κ1) is 18.6. The third-order valence-electron chi connectivity index (χ3n) is 11.9. The fraction of sp³-hybridized carbons (Fsp3) is 0.158. The van der Waals surface area contributed by atoms with Gasteiger partial charge in [0.2, 0.25) is 0 Å². The topological polar surface area (TPSA) is 16.3 Å². The Balaban J connectivity index is 1.32. The summed E-state index contributed by atoms with van der Waals surface area (Å²) >= 11 is 0. The largest absolute Gasteiger partial charge is 0.311 e. The highest BCUT2D eigenvalue weighted by atomic mass is 15.2. The molecule has 0 N–H and O–H groups in total. The Labute approximate surface area is 399 Å². The van der Waals surface area contributed by atoms with Crippen LogP contribution in [0.3, 0.4) is 0 Å². The fourth-order valence-electron chi connectivity index (χ4n) is 9.13. The number of aromatic nitrogens is 2. The van der Waals surface area contributed by atoms with Gasteiger partial charge in [0.15, 0.2) is 0 Å². The number of benzene rings is 8. The Kier molecular flexibility index (Phi) is 3.62. The predicted octanol–water partition coefficient (Wildman–Crippen LogP) is 13.2. The summed E-state index contributed by atoms with van der Waals surface area (Å²) in [4.78, 5) is 2.12. The van der Waals surface area contributed by atoms with Gasteiger partial charge in [-0.25, -0.2) is 0 Å². The van der Waals surface area contributed by atoms with Crippen molar-refractivity contribution in [2.45, 2.75) is 59.3 Å². The minimum atomic E-state index is -1.88. The SMILES string of the molecule is [2H]c1c([2H])c([2H])c(N2c3c([2H])c(-n4c5c([2H])c([2H])c(C(C)(C)C)c([2H])c5c5c([2H])c(C(C)(C)C)c([2H])c([2H])c54)c([2H])c([2H])c3B3c4c2c([2H])c(C)c([2H])c4N2c4c3c([2H])c([2H])c([2H])c4-n3c4c([2H])c([2H])c([2H])c([2H])c4c4c([2H])c([2H])c([2H])c2c43)c([2H])c1[2H]. The van der Waals surface area contributed by atoms with Crippen LogP contribution in [0.2, 0.25) is 0 Å². The number of anilines is 6. The molecular formula is C57H47BN4. The van der Waals surface area contributed by atoms with Crippen LogP contribution in [0.25, 0.3) is 55.0 Å². The quantitative estimate of drug-likeness (QED) is 0.161. The molecule has 0 bridgehead atoms. The van der Waals surface area contributed by atoms with Gasteiger partial charge in [0, 0.05) is 50.0 Å². The Hall–Kier alpha value is -6.98. The van der Waals surface area contributed by atoms with Crippen molar-refractivity contribution in [1.82, 2.24) is 9.13 Å². The predicted molar refractivity (Wildman–Crippen MR) is 265 cm³/mol. The molecule has 2 aromatic heterocycles. The minimum Gasteiger partial charge on any atom is -0.311 e. The Morgan fingerprint density at radius 1 is 0.435 bits per heavy atom. The first-order valence-electron chi connectivity index (χ1n) is 33.0. The third-order valence-corrected chi connectivity index (χ3v) is 11.9. The molecule has 0 saturated carbocycles. The van der Waals surface area contributed by atoms with E-state index < -0.39 is 207 Å². The van der Waals surface area contributed by atoms with E-state index >= 15 is 0 Å². The van der Waals surface area contributed by atoms with Gasteiger partial charge in [-0.2, -0.15) is 0 Å². The van der Waals surface area contributed by atoms with Crippen molar-refractivity contribution in [3.05, 3.63) is 174 Å². The van der Waals surface area contributed by atoms with Gasteiger partial charge in [0.05, 0.1) is 74.8 Å². The van der Waals surface area contributed by atoms with E-state index in [1.807, 2.05) is 0 Å². The fourth-order valence-corrected chi connectivity index (χ4v) is 9.13. The number of fused-ring (bicyclic) bond motifs is 12. The van der Waals surface area contributed by atoms with E-state index in [0.29, 0.717) is 0 Å². The van der Waals surface area contributed by atoms with Crippen molar-refractivity contribution in [3.63, 3.8) is 0 Å². The Bertz CT molecular complexity index is 4990. The summed E-state index contributed by atoms with van der Waals surface area (Å²) in [5, 5.41) is -0.956. The van der Waals surface area contributed by atoms with Crippen molar-refractivity contribution >= 4 is 101 Å². The summed E-state index contributed by atoms with van der Waals surface area (Å²) in [6.45, 7) is 9.73. The molecule has 5 heterocycles. The summed E-state index contributed by atoms with van der Waals surface area (Å²) in [5.74, 6) is 0. The average Bonchev–Trinajstić information content (AvgIpc) is 1.23. The molecule has 3 aliphatic rings. The molecule has 0 radical (unpaired) electrons. The van der Waals surface area contributed by atoms with Crippen molar-refractivity contribution < 1.29 is 35.6 Å². The lowest BCUT2D eigenvalue weighted by molar-refractivity contribution is 0.590. The molecule has 4 nitrogen and oxygen atoms in total. The van der Waals surface area contributed by atoms with E-state index in [9.17, 15) is 28.8 Å². The lowest BCUT2D eigenvalue weighted by atomic mass is 9.33. The van der Waals surface area contributed by atoms with Crippen molar-refractivity contribution in [2.24, 2.45) is 0 Å². The van der Waals surface area contributed by atoms with Gasteiger partial charge < -0.3 is 18.9 Å². The smallest absolute Gasteiger partial charge is 0.252 e. The maximum absolute atomic E-state index is 10.8. The molecule has 3 aliphatic heterocycles. The second-order valence-electron chi connectivity index (χ2n) is 17.8. The van der Waals surface area contributed by atoms with Gasteiger partial charge >= 0.3 is 0 Å². The number of rotatable bonds is 2. The molecule has 5 heteroatoms. The molecule has 0 unspecified atom stereocenters. The molecule has 13 rings (SSSR count). The molecule has 0 fully saturated rings. The number of hydrogen-bond acceptors (Lipinski definition) is 2. The molecular weight excluding hydrogens is 751 g/mol. The molecule has 298 valence electrons. The normalized spacial score (nSPS) is 19.8. The van der Waals surface area contributed by atoms with Crippen molar-refractivity contribution in [3.8, 4) is 11.4 Å². The molecule has 0 saturated heterocycles. The average molecular weight is 825 g/mol. The van der Waals surface area contributed by atoms with Crippen LogP contribution in [0.1, 0.15) is 93.9 Å². The highest BCUT2D eigenvalue weighted by Crippen LogP contribution is 2.52. The first-order valence-corrected chi connectivity index (χ1v) is 20.0. The van der Waals surface area contributed by atoms with Crippen LogP contribution in [0.5, 0.6) is 0 Å². The van der Waals surface area contributed by atoms with Crippen LogP contribution >= 0.6 is 0 Å². The van der Waals surface area contributed by atoms with Gasteiger partial charge in [0.25, 0.3) is 6.71 Å². The van der Waals surface area contributed by atoms with Crippen LogP contribution in [0.4, 0.5) is 34.1 Å². The van der Waals surface area contributed by atoms with Gasteiger partial charge in [-0.15, -0.1) is 0 Å². The zero-order valence-electron chi connectivity index (χ0n) is 60.4. The van der Waals surface area contributed by atoms with E-state index in [1.165, 1.54) is 11.8 Å². The van der Waals surface area contributed by atoms with Crippen molar-refractivity contribution in [1.29, 1.82) is 0 Å². The molecule has 0 spiro atoms. The highest BCUT2D eigenvalue weighted by Gasteiger charge is 2.46. The summed E-state index contributed by atoms with van der Waals surface area (Å²) in [5.41, 5.74) is -8.71. The second kappa shape index (κ2) is 12.1. The van der Waals surface area contributed by atoms with E-state index in [2.05, 4.69) is 0 Å². The van der Waals surface area contributed by atoms with Crippen LogP contribution in [0.15, 0.2) is 157 Å². The van der Waals surface area contributed by atoms with E-state index in [1.54, 1.807) is 41.5 Å². The molecule has 0 atom stereocenters. The van der Waals surface area contributed by atoms with E-state index in [4.69, 9.17) is 6.85 Å². The zero-order chi connectivity index (χ0) is 64.6. The first-order chi connectivity index (χ1) is 40.8.